The van der Waals surface area contributed by atoms with Crippen molar-refractivity contribution in [2.75, 3.05) is 13.2 Å². The Kier molecular flexibility index (Phi) is 5.32. The quantitative estimate of drug-likeness (QED) is 0.561. The first-order valence-corrected chi connectivity index (χ1v) is 11.0. The fourth-order valence-corrected chi connectivity index (χ4v) is 5.02. The monoisotopic (exact) mass is 447 g/mol. The van der Waals surface area contributed by atoms with Crippen LogP contribution in [0, 0.1) is 0 Å². The Bertz CT molecular complexity index is 1130. The van der Waals surface area contributed by atoms with Gasteiger partial charge >= 0.3 is 12.1 Å². The van der Waals surface area contributed by atoms with E-state index in [1.807, 2.05) is 24.3 Å². The first-order chi connectivity index (χ1) is 16.0. The number of hydrogen-bond acceptors (Lipinski definition) is 6. The van der Waals surface area contributed by atoms with Gasteiger partial charge in [-0.2, -0.15) is 0 Å². The van der Waals surface area contributed by atoms with Gasteiger partial charge in [-0.3, -0.25) is 0 Å². The van der Waals surface area contributed by atoms with E-state index in [2.05, 4.69) is 6.58 Å². The third-order valence-corrected chi connectivity index (χ3v) is 6.59. The average Bonchev–Trinajstić information content (AvgIpc) is 3.08. The van der Waals surface area contributed by atoms with Crippen LogP contribution in [0.5, 0.6) is 11.5 Å². The molecule has 3 aliphatic rings. The molecular formula is C26H25NO6. The standard InChI is InChI=1S/C26H25NO6/c1-2-14-31-25(30)27-13-12-26-11-10-19(32-24(29)17-6-4-3-5-7-17)15-21(26)33-23-20(28)9-8-18(16-27)22(23)26/h2-11,19,21,28H,1,12-16H2/t19-,21-,26-/m0/s1. The second-order valence-electron chi connectivity index (χ2n) is 8.54. The zero-order valence-corrected chi connectivity index (χ0v) is 18.1. The Morgan fingerprint density at radius 1 is 1.24 bits per heavy atom. The first-order valence-electron chi connectivity index (χ1n) is 11.0. The van der Waals surface area contributed by atoms with Gasteiger partial charge in [-0.25, -0.2) is 9.59 Å². The molecule has 0 radical (unpaired) electrons. The zero-order valence-electron chi connectivity index (χ0n) is 18.1. The molecule has 0 saturated heterocycles. The smallest absolute Gasteiger partial charge is 0.410 e. The topological polar surface area (TPSA) is 85.3 Å². The van der Waals surface area contributed by atoms with Crippen LogP contribution in [-0.4, -0.2) is 47.4 Å². The van der Waals surface area contributed by atoms with E-state index in [1.54, 1.807) is 35.2 Å². The molecule has 5 rings (SSSR count). The third-order valence-electron chi connectivity index (χ3n) is 6.59. The second-order valence-corrected chi connectivity index (χ2v) is 8.54. The van der Waals surface area contributed by atoms with Gasteiger partial charge in [-0.15, -0.1) is 0 Å². The number of nitrogens with zero attached hydrogens (tertiary/aromatic N) is 1. The number of esters is 1. The molecule has 0 aromatic heterocycles. The van der Waals surface area contributed by atoms with Crippen molar-refractivity contribution >= 4 is 12.1 Å². The van der Waals surface area contributed by atoms with Gasteiger partial charge in [0.15, 0.2) is 11.5 Å². The van der Waals surface area contributed by atoms with Crippen LogP contribution in [0.1, 0.15) is 34.3 Å². The molecule has 2 aromatic rings. The van der Waals surface area contributed by atoms with Crippen LogP contribution in [0.2, 0.25) is 0 Å². The second kappa shape index (κ2) is 8.31. The van der Waals surface area contributed by atoms with Gasteiger partial charge < -0.3 is 24.2 Å². The number of rotatable bonds is 4. The highest BCUT2D eigenvalue weighted by molar-refractivity contribution is 5.89. The minimum absolute atomic E-state index is 0.0661. The van der Waals surface area contributed by atoms with Crippen molar-refractivity contribution in [1.82, 2.24) is 4.90 Å². The van der Waals surface area contributed by atoms with E-state index < -0.39 is 23.6 Å². The molecule has 1 spiro atoms. The van der Waals surface area contributed by atoms with Gasteiger partial charge in [0.1, 0.15) is 18.8 Å². The Morgan fingerprint density at radius 3 is 2.85 bits per heavy atom. The summed E-state index contributed by atoms with van der Waals surface area (Å²) in [5.41, 5.74) is 1.77. The lowest BCUT2D eigenvalue weighted by Crippen LogP contribution is -2.44. The molecule has 2 heterocycles. The lowest BCUT2D eigenvalue weighted by atomic mass is 9.69. The Hall–Kier alpha value is -3.74. The van der Waals surface area contributed by atoms with Crippen molar-refractivity contribution < 1.29 is 28.9 Å². The number of phenols is 1. The van der Waals surface area contributed by atoms with E-state index in [0.717, 1.165) is 11.1 Å². The Morgan fingerprint density at radius 2 is 2.06 bits per heavy atom. The molecule has 1 amide bonds. The number of ether oxygens (including phenoxy) is 3. The Balaban J connectivity index is 1.43. The normalized spacial score (nSPS) is 24.7. The molecule has 7 nitrogen and oxygen atoms in total. The SMILES string of the molecule is C=CCOC(=O)N1CC[C@@]23C=C[C@H](OC(=O)c4ccccc4)C[C@@H]2Oc2c(O)ccc(c23)C1. The summed E-state index contributed by atoms with van der Waals surface area (Å²) in [5, 5.41) is 10.5. The van der Waals surface area contributed by atoms with Crippen molar-refractivity contribution in [2.24, 2.45) is 0 Å². The maximum absolute atomic E-state index is 12.6. The van der Waals surface area contributed by atoms with Crippen LogP contribution in [0.25, 0.3) is 0 Å². The molecular weight excluding hydrogens is 422 g/mol. The number of carbonyl (C=O) groups is 2. The molecule has 0 unspecified atom stereocenters. The Labute approximate surface area is 191 Å². The van der Waals surface area contributed by atoms with Crippen LogP contribution in [0.15, 0.2) is 67.3 Å². The zero-order chi connectivity index (χ0) is 23.0. The minimum Gasteiger partial charge on any atom is -0.504 e. The van der Waals surface area contributed by atoms with E-state index in [-0.39, 0.29) is 18.5 Å². The van der Waals surface area contributed by atoms with Gasteiger partial charge in [0.05, 0.1) is 11.0 Å². The maximum Gasteiger partial charge on any atom is 0.410 e. The van der Waals surface area contributed by atoms with Gasteiger partial charge in [0.2, 0.25) is 0 Å². The van der Waals surface area contributed by atoms with E-state index >= 15 is 0 Å². The number of phenolic OH excluding ortho intramolecular Hbond substituents is 1. The summed E-state index contributed by atoms with van der Waals surface area (Å²) >= 11 is 0. The molecule has 33 heavy (non-hydrogen) atoms. The first kappa shape index (κ1) is 21.1. The third kappa shape index (κ3) is 3.63. The molecule has 2 aromatic carbocycles. The average molecular weight is 447 g/mol. The molecule has 1 N–H and O–H groups in total. The van der Waals surface area contributed by atoms with Crippen molar-refractivity contribution in [3.63, 3.8) is 0 Å². The molecule has 7 heteroatoms. The van der Waals surface area contributed by atoms with Crippen molar-refractivity contribution in [3.8, 4) is 11.5 Å². The molecule has 1 aliphatic carbocycles. The molecule has 3 atom stereocenters. The fourth-order valence-electron chi connectivity index (χ4n) is 5.02. The van der Waals surface area contributed by atoms with E-state index in [4.69, 9.17) is 14.2 Å². The summed E-state index contributed by atoms with van der Waals surface area (Å²) < 4.78 is 17.2. The summed E-state index contributed by atoms with van der Waals surface area (Å²) in [6.45, 7) is 4.56. The van der Waals surface area contributed by atoms with E-state index in [1.165, 1.54) is 6.08 Å². The number of carbonyl (C=O) groups excluding carboxylic acids is 2. The summed E-state index contributed by atoms with van der Waals surface area (Å²) in [6, 6.07) is 12.3. The number of hydrogen-bond donors (Lipinski definition) is 1. The van der Waals surface area contributed by atoms with Crippen LogP contribution < -0.4 is 4.74 Å². The van der Waals surface area contributed by atoms with Crippen LogP contribution in [0.3, 0.4) is 0 Å². The number of amides is 1. The van der Waals surface area contributed by atoms with E-state index in [0.29, 0.717) is 37.2 Å². The van der Waals surface area contributed by atoms with Crippen LogP contribution in [-0.2, 0) is 21.4 Å². The fraction of sp³-hybridized carbons (Fsp3) is 0.308. The molecule has 2 aliphatic heterocycles. The summed E-state index contributed by atoms with van der Waals surface area (Å²) in [6.07, 6.45) is 5.32. The molecule has 170 valence electrons. The van der Waals surface area contributed by atoms with Crippen molar-refractivity contribution in [1.29, 1.82) is 0 Å². The lowest BCUT2D eigenvalue weighted by molar-refractivity contribution is 0.0214. The highest BCUT2D eigenvalue weighted by Crippen LogP contribution is 2.55. The minimum atomic E-state index is -0.521. The number of aromatic hydroxyl groups is 1. The predicted molar refractivity (Wildman–Crippen MR) is 120 cm³/mol. The summed E-state index contributed by atoms with van der Waals surface area (Å²) in [4.78, 5) is 26.8. The molecule has 0 bridgehead atoms. The maximum atomic E-state index is 12.6. The van der Waals surface area contributed by atoms with Crippen LogP contribution >= 0.6 is 0 Å². The predicted octanol–water partition coefficient (Wildman–Crippen LogP) is 4.10. The largest absolute Gasteiger partial charge is 0.504 e. The molecule has 0 fully saturated rings. The molecule has 0 saturated carbocycles. The van der Waals surface area contributed by atoms with E-state index in [9.17, 15) is 14.7 Å². The lowest BCUT2D eigenvalue weighted by Gasteiger charge is -2.36. The van der Waals surface area contributed by atoms with Gasteiger partial charge in [-0.1, -0.05) is 43.0 Å². The van der Waals surface area contributed by atoms with Crippen molar-refractivity contribution in [3.05, 3.63) is 84.0 Å². The highest BCUT2D eigenvalue weighted by atomic mass is 16.6. The van der Waals surface area contributed by atoms with Crippen molar-refractivity contribution in [2.45, 2.75) is 37.0 Å². The number of benzene rings is 2. The highest BCUT2D eigenvalue weighted by Gasteiger charge is 2.53. The summed E-state index contributed by atoms with van der Waals surface area (Å²) in [7, 11) is 0. The summed E-state index contributed by atoms with van der Waals surface area (Å²) in [5.74, 6) is 0.118. The van der Waals surface area contributed by atoms with Gasteiger partial charge in [0, 0.05) is 25.1 Å². The van der Waals surface area contributed by atoms with Crippen LogP contribution in [0.4, 0.5) is 4.79 Å². The van der Waals surface area contributed by atoms with Gasteiger partial charge in [-0.05, 0) is 36.3 Å². The van der Waals surface area contributed by atoms with Gasteiger partial charge in [0.25, 0.3) is 0 Å².